The van der Waals surface area contributed by atoms with Gasteiger partial charge in [0.15, 0.2) is 0 Å². The number of carbonyl (C=O) groups excluding carboxylic acids is 2. The lowest BCUT2D eigenvalue weighted by Gasteiger charge is -2.13. The molecule has 0 aliphatic heterocycles. The summed E-state index contributed by atoms with van der Waals surface area (Å²) in [6.07, 6.45) is 1.68. The summed E-state index contributed by atoms with van der Waals surface area (Å²) < 4.78 is 0. The molecule has 2 amide bonds. The number of hydrogen-bond acceptors (Lipinski definition) is 3. The Morgan fingerprint density at radius 3 is 2.03 bits per heavy atom. The van der Waals surface area contributed by atoms with E-state index >= 15 is 0 Å². The Kier molecular flexibility index (Phi) is 7.00. The molecule has 5 heteroatoms. The van der Waals surface area contributed by atoms with Gasteiger partial charge in [-0.05, 0) is 41.5 Å². The van der Waals surface area contributed by atoms with Crippen molar-refractivity contribution in [1.82, 2.24) is 10.6 Å². The normalized spacial score (nSPS) is 10.9. The van der Waals surface area contributed by atoms with Gasteiger partial charge < -0.3 is 15.5 Å². The quantitative estimate of drug-likeness (QED) is 0.594. The van der Waals surface area contributed by atoms with Gasteiger partial charge in [0.05, 0.1) is 0 Å². The number of benzene rings is 3. The number of anilines is 1. The van der Waals surface area contributed by atoms with E-state index in [0.717, 1.165) is 16.8 Å². The zero-order valence-electron chi connectivity index (χ0n) is 17.1. The van der Waals surface area contributed by atoms with Crippen LogP contribution in [0.2, 0.25) is 0 Å². The van der Waals surface area contributed by atoms with Crippen LogP contribution in [0.15, 0.2) is 90.6 Å². The molecule has 0 atom stereocenters. The molecular weight excluding hydrogens is 374 g/mol. The topological polar surface area (TPSA) is 61.4 Å². The SMILES string of the molecule is CN(C)c1ccc(C=C(NC(=O)c2ccccc2)C(=O)NCc2ccccc2)cc1. The van der Waals surface area contributed by atoms with Crippen molar-refractivity contribution in [2.75, 3.05) is 19.0 Å². The minimum absolute atomic E-state index is 0.192. The molecule has 3 aromatic rings. The van der Waals surface area contributed by atoms with Crippen molar-refractivity contribution in [1.29, 1.82) is 0 Å². The number of amides is 2. The third-order valence-electron chi connectivity index (χ3n) is 4.55. The highest BCUT2D eigenvalue weighted by Crippen LogP contribution is 2.14. The molecule has 30 heavy (non-hydrogen) atoms. The first-order valence-corrected chi connectivity index (χ1v) is 9.70. The molecule has 2 N–H and O–H groups in total. The molecule has 3 aromatic carbocycles. The van der Waals surface area contributed by atoms with Gasteiger partial charge in [-0.2, -0.15) is 0 Å². The molecule has 3 rings (SSSR count). The van der Waals surface area contributed by atoms with E-state index in [0.29, 0.717) is 12.1 Å². The lowest BCUT2D eigenvalue weighted by molar-refractivity contribution is -0.117. The molecule has 0 unspecified atom stereocenters. The van der Waals surface area contributed by atoms with Gasteiger partial charge in [0, 0.05) is 31.9 Å². The van der Waals surface area contributed by atoms with Gasteiger partial charge in [-0.25, -0.2) is 0 Å². The number of rotatable bonds is 7. The minimum Gasteiger partial charge on any atom is -0.378 e. The molecule has 0 saturated heterocycles. The Morgan fingerprint density at radius 2 is 1.43 bits per heavy atom. The maximum Gasteiger partial charge on any atom is 0.268 e. The molecule has 0 fully saturated rings. The molecule has 0 bridgehead atoms. The van der Waals surface area contributed by atoms with Crippen LogP contribution in [0.4, 0.5) is 5.69 Å². The third-order valence-corrected chi connectivity index (χ3v) is 4.55. The zero-order valence-corrected chi connectivity index (χ0v) is 17.1. The van der Waals surface area contributed by atoms with Crippen molar-refractivity contribution in [2.45, 2.75) is 6.54 Å². The maximum absolute atomic E-state index is 12.9. The first-order valence-electron chi connectivity index (χ1n) is 9.70. The van der Waals surface area contributed by atoms with E-state index in [-0.39, 0.29) is 17.5 Å². The average Bonchev–Trinajstić information content (AvgIpc) is 2.78. The molecule has 0 aliphatic carbocycles. The van der Waals surface area contributed by atoms with E-state index in [1.54, 1.807) is 30.3 Å². The first-order chi connectivity index (χ1) is 14.5. The Bertz CT molecular complexity index is 1010. The van der Waals surface area contributed by atoms with E-state index in [2.05, 4.69) is 10.6 Å². The predicted molar refractivity (Wildman–Crippen MR) is 121 cm³/mol. The van der Waals surface area contributed by atoms with Gasteiger partial charge in [-0.1, -0.05) is 60.7 Å². The summed E-state index contributed by atoms with van der Waals surface area (Å²) in [4.78, 5) is 27.5. The largest absolute Gasteiger partial charge is 0.378 e. The lowest BCUT2D eigenvalue weighted by atomic mass is 10.1. The summed E-state index contributed by atoms with van der Waals surface area (Å²) in [5, 5.41) is 5.63. The van der Waals surface area contributed by atoms with Crippen LogP contribution in [-0.2, 0) is 11.3 Å². The van der Waals surface area contributed by atoms with Crippen LogP contribution in [0.25, 0.3) is 6.08 Å². The van der Waals surface area contributed by atoms with Crippen molar-refractivity contribution in [3.63, 3.8) is 0 Å². The van der Waals surface area contributed by atoms with Gasteiger partial charge in [-0.15, -0.1) is 0 Å². The van der Waals surface area contributed by atoms with E-state index in [1.165, 1.54) is 0 Å². The van der Waals surface area contributed by atoms with E-state index < -0.39 is 0 Å². The van der Waals surface area contributed by atoms with E-state index in [4.69, 9.17) is 0 Å². The van der Waals surface area contributed by atoms with Crippen LogP contribution in [0.1, 0.15) is 21.5 Å². The predicted octanol–water partition coefficient (Wildman–Crippen LogP) is 3.84. The smallest absolute Gasteiger partial charge is 0.268 e. The molecule has 0 aromatic heterocycles. The summed E-state index contributed by atoms with van der Waals surface area (Å²) >= 11 is 0. The Hall–Kier alpha value is -3.86. The van der Waals surface area contributed by atoms with Gasteiger partial charge >= 0.3 is 0 Å². The molecule has 0 aliphatic rings. The summed E-state index contributed by atoms with van der Waals surface area (Å²) in [5.41, 5.74) is 3.53. The molecule has 0 spiro atoms. The third kappa shape index (κ3) is 5.82. The van der Waals surface area contributed by atoms with Crippen LogP contribution in [-0.4, -0.2) is 25.9 Å². The van der Waals surface area contributed by atoms with Crippen LogP contribution < -0.4 is 15.5 Å². The highest BCUT2D eigenvalue weighted by atomic mass is 16.2. The summed E-state index contributed by atoms with van der Waals surface area (Å²) in [5.74, 6) is -0.679. The van der Waals surface area contributed by atoms with Crippen LogP contribution in [0.5, 0.6) is 0 Å². The van der Waals surface area contributed by atoms with E-state index in [9.17, 15) is 9.59 Å². The van der Waals surface area contributed by atoms with E-state index in [1.807, 2.05) is 79.7 Å². The second kappa shape index (κ2) is 10.1. The number of carbonyl (C=O) groups is 2. The summed E-state index contributed by atoms with van der Waals surface area (Å²) in [6, 6.07) is 26.2. The molecule has 0 saturated carbocycles. The Labute approximate surface area is 177 Å². The monoisotopic (exact) mass is 399 g/mol. The Morgan fingerprint density at radius 1 is 0.833 bits per heavy atom. The summed E-state index contributed by atoms with van der Waals surface area (Å²) in [7, 11) is 3.93. The number of nitrogens with zero attached hydrogens (tertiary/aromatic N) is 1. The zero-order chi connectivity index (χ0) is 21.3. The number of nitrogens with one attached hydrogen (secondary N) is 2. The average molecular weight is 399 g/mol. The molecular formula is C25H25N3O2. The molecule has 0 heterocycles. The lowest BCUT2D eigenvalue weighted by Crippen LogP contribution is -2.34. The highest BCUT2D eigenvalue weighted by molar-refractivity contribution is 6.05. The highest BCUT2D eigenvalue weighted by Gasteiger charge is 2.14. The molecule has 0 radical (unpaired) electrons. The van der Waals surface area contributed by atoms with Crippen molar-refractivity contribution < 1.29 is 9.59 Å². The molecule has 152 valence electrons. The van der Waals surface area contributed by atoms with Crippen LogP contribution in [0.3, 0.4) is 0 Å². The molecule has 5 nitrogen and oxygen atoms in total. The number of hydrogen-bond donors (Lipinski definition) is 2. The van der Waals surface area contributed by atoms with Crippen molar-refractivity contribution >= 4 is 23.6 Å². The van der Waals surface area contributed by atoms with Gasteiger partial charge in [0.25, 0.3) is 11.8 Å². The fraction of sp³-hybridized carbons (Fsp3) is 0.120. The van der Waals surface area contributed by atoms with Gasteiger partial charge in [0.2, 0.25) is 0 Å². The second-order valence-corrected chi connectivity index (χ2v) is 7.03. The van der Waals surface area contributed by atoms with Gasteiger partial charge in [0.1, 0.15) is 5.70 Å². The fourth-order valence-electron chi connectivity index (χ4n) is 2.85. The van der Waals surface area contributed by atoms with Crippen LogP contribution in [0, 0.1) is 0 Å². The maximum atomic E-state index is 12.9. The van der Waals surface area contributed by atoms with Gasteiger partial charge in [-0.3, -0.25) is 9.59 Å². The standard InChI is InChI=1S/C25H25N3O2/c1-28(2)22-15-13-19(14-16-22)17-23(27-24(29)21-11-7-4-8-12-21)25(30)26-18-20-9-5-3-6-10-20/h3-17H,18H2,1-2H3,(H,26,30)(H,27,29). The van der Waals surface area contributed by atoms with Crippen LogP contribution >= 0.6 is 0 Å². The second-order valence-electron chi connectivity index (χ2n) is 7.03. The summed E-state index contributed by atoms with van der Waals surface area (Å²) in [6.45, 7) is 0.373. The fourth-order valence-corrected chi connectivity index (χ4v) is 2.85. The van der Waals surface area contributed by atoms with Crippen molar-refractivity contribution in [2.24, 2.45) is 0 Å². The van der Waals surface area contributed by atoms with Crippen molar-refractivity contribution in [3.05, 3.63) is 107 Å². The minimum atomic E-state index is -0.347. The Balaban J connectivity index is 1.81. The van der Waals surface area contributed by atoms with Crippen molar-refractivity contribution in [3.8, 4) is 0 Å². The first kappa shape index (κ1) is 20.9.